The number of nitrogens with zero attached hydrogens (tertiary/aromatic N) is 1. The van der Waals surface area contributed by atoms with Crippen molar-refractivity contribution < 1.29 is 17.2 Å². The van der Waals surface area contributed by atoms with Gasteiger partial charge >= 0.3 is 0 Å². The molecule has 0 fully saturated rings. The second-order valence-electron chi connectivity index (χ2n) is 3.53. The second-order valence-corrected chi connectivity index (χ2v) is 5.70. The van der Waals surface area contributed by atoms with Crippen LogP contribution < -0.4 is 9.62 Å². The maximum atomic E-state index is 12.3. The molecule has 94 valence electrons. The summed E-state index contributed by atoms with van der Waals surface area (Å²) in [4.78, 5) is 1.19. The number of sulfonamides is 1. The van der Waals surface area contributed by atoms with Gasteiger partial charge in [0.25, 0.3) is 6.43 Å². The molecule has 0 spiro atoms. The molecular formula is C9H9ClF2N2O2S. The molecule has 1 heterocycles. The Kier molecular flexibility index (Phi) is 3.24. The molecule has 0 bridgehead atoms. The Morgan fingerprint density at radius 2 is 2.18 bits per heavy atom. The molecule has 0 saturated carbocycles. The molecule has 8 heteroatoms. The van der Waals surface area contributed by atoms with Gasteiger partial charge in [0.05, 0.1) is 18.9 Å². The van der Waals surface area contributed by atoms with E-state index in [0.717, 1.165) is 0 Å². The van der Waals surface area contributed by atoms with E-state index in [1.54, 1.807) is 0 Å². The Balaban J connectivity index is 2.48. The predicted octanol–water partition coefficient (Wildman–Crippen LogP) is 1.66. The summed E-state index contributed by atoms with van der Waals surface area (Å²) >= 11 is 5.70. The number of nitrogens with one attached hydrogen (secondary N) is 1. The zero-order valence-electron chi connectivity index (χ0n) is 8.53. The van der Waals surface area contributed by atoms with Gasteiger partial charge in [-0.1, -0.05) is 11.6 Å². The van der Waals surface area contributed by atoms with E-state index >= 15 is 0 Å². The van der Waals surface area contributed by atoms with Crippen molar-refractivity contribution in [3.05, 3.63) is 23.2 Å². The zero-order chi connectivity index (χ0) is 12.6. The highest BCUT2D eigenvalue weighted by Gasteiger charge is 2.29. The van der Waals surface area contributed by atoms with Crippen LogP contribution in [0.2, 0.25) is 5.02 Å². The number of rotatable bonds is 2. The molecule has 0 unspecified atom stereocenters. The SMILES string of the molecule is O=S1(=O)NCN(CC(F)F)c2ccc(Cl)cc21. The molecule has 4 nitrogen and oxygen atoms in total. The molecule has 0 saturated heterocycles. The van der Waals surface area contributed by atoms with Gasteiger partial charge in [-0.2, -0.15) is 4.72 Å². The number of hydrogen-bond acceptors (Lipinski definition) is 3. The number of fused-ring (bicyclic) bond motifs is 1. The molecule has 2 rings (SSSR count). The van der Waals surface area contributed by atoms with Crippen LogP contribution >= 0.6 is 11.6 Å². The summed E-state index contributed by atoms with van der Waals surface area (Å²) in [5.41, 5.74) is 0.244. The Labute approximate surface area is 102 Å². The highest BCUT2D eigenvalue weighted by Crippen LogP contribution is 2.31. The third-order valence-electron chi connectivity index (χ3n) is 2.36. The number of benzene rings is 1. The van der Waals surface area contributed by atoms with Crippen LogP contribution in [0.4, 0.5) is 14.5 Å². The largest absolute Gasteiger partial charge is 0.351 e. The zero-order valence-corrected chi connectivity index (χ0v) is 10.1. The van der Waals surface area contributed by atoms with Gasteiger partial charge in [-0.15, -0.1) is 0 Å². The predicted molar refractivity (Wildman–Crippen MR) is 60.0 cm³/mol. The van der Waals surface area contributed by atoms with Crippen LogP contribution in [0, 0.1) is 0 Å². The van der Waals surface area contributed by atoms with Crippen LogP contribution in [0.5, 0.6) is 0 Å². The summed E-state index contributed by atoms with van der Waals surface area (Å²) in [6.07, 6.45) is -2.54. The highest BCUT2D eigenvalue weighted by atomic mass is 35.5. The van der Waals surface area contributed by atoms with Gasteiger partial charge in [0.15, 0.2) is 0 Å². The van der Waals surface area contributed by atoms with E-state index < -0.39 is 23.0 Å². The quantitative estimate of drug-likeness (QED) is 0.897. The van der Waals surface area contributed by atoms with Crippen molar-refractivity contribution in [2.45, 2.75) is 11.3 Å². The van der Waals surface area contributed by atoms with Gasteiger partial charge in [-0.3, -0.25) is 0 Å². The smallest absolute Gasteiger partial charge is 0.255 e. The summed E-state index contributed by atoms with van der Waals surface area (Å²) in [5, 5.41) is 0.244. The van der Waals surface area contributed by atoms with E-state index in [1.165, 1.54) is 23.1 Å². The Morgan fingerprint density at radius 3 is 2.82 bits per heavy atom. The van der Waals surface area contributed by atoms with Crippen molar-refractivity contribution in [2.24, 2.45) is 0 Å². The first-order valence-corrected chi connectivity index (χ1v) is 6.58. The van der Waals surface area contributed by atoms with Gasteiger partial charge < -0.3 is 4.90 Å². The standard InChI is InChI=1S/C9H9ClF2N2O2S/c10-6-1-2-7-8(3-6)17(15,16)13-5-14(7)4-9(11)12/h1-3,9,13H,4-5H2. The molecule has 1 aromatic rings. The number of halogens is 3. The summed E-state index contributed by atoms with van der Waals surface area (Å²) in [6.45, 7) is -0.696. The minimum absolute atomic E-state index is 0.0723. The van der Waals surface area contributed by atoms with Crippen LogP contribution in [0.15, 0.2) is 23.1 Å². The van der Waals surface area contributed by atoms with Gasteiger partial charge in [0, 0.05) is 5.02 Å². The van der Waals surface area contributed by atoms with E-state index in [9.17, 15) is 17.2 Å². The first kappa shape index (κ1) is 12.5. The van der Waals surface area contributed by atoms with Crippen molar-refractivity contribution in [1.29, 1.82) is 0 Å². The average Bonchev–Trinajstić information content (AvgIpc) is 2.22. The van der Waals surface area contributed by atoms with Crippen molar-refractivity contribution in [1.82, 2.24) is 4.72 Å². The van der Waals surface area contributed by atoms with Crippen molar-refractivity contribution in [2.75, 3.05) is 18.1 Å². The molecule has 1 N–H and O–H groups in total. The lowest BCUT2D eigenvalue weighted by molar-refractivity contribution is 0.154. The van der Waals surface area contributed by atoms with Crippen LogP contribution in [-0.4, -0.2) is 28.1 Å². The summed E-state index contributed by atoms with van der Waals surface area (Å²) in [6, 6.07) is 4.15. The average molecular weight is 283 g/mol. The lowest BCUT2D eigenvalue weighted by atomic mass is 10.3. The third-order valence-corrected chi connectivity index (χ3v) is 4.01. The minimum Gasteiger partial charge on any atom is -0.351 e. The van der Waals surface area contributed by atoms with Crippen molar-refractivity contribution in [3.8, 4) is 0 Å². The van der Waals surface area contributed by atoms with E-state index in [2.05, 4.69) is 4.72 Å². The monoisotopic (exact) mass is 282 g/mol. The third kappa shape index (κ3) is 2.51. The van der Waals surface area contributed by atoms with Crippen LogP contribution in [0.3, 0.4) is 0 Å². The molecule has 1 aliphatic rings. The molecule has 0 aromatic heterocycles. The Hall–Kier alpha value is -0.920. The molecule has 0 amide bonds. The number of hydrogen-bond donors (Lipinski definition) is 1. The van der Waals surface area contributed by atoms with Gasteiger partial charge in [-0.25, -0.2) is 17.2 Å². The molecule has 1 aromatic carbocycles. The molecular weight excluding hydrogens is 274 g/mol. The van der Waals surface area contributed by atoms with Gasteiger partial charge in [0.1, 0.15) is 4.90 Å². The maximum absolute atomic E-state index is 12.3. The molecule has 0 atom stereocenters. The highest BCUT2D eigenvalue weighted by molar-refractivity contribution is 7.89. The Bertz CT molecular complexity index is 536. The first-order chi connectivity index (χ1) is 7.90. The fourth-order valence-corrected chi connectivity index (χ4v) is 3.09. The van der Waals surface area contributed by atoms with Crippen LogP contribution in [0.25, 0.3) is 0 Å². The fourth-order valence-electron chi connectivity index (χ4n) is 1.62. The van der Waals surface area contributed by atoms with Crippen molar-refractivity contribution in [3.63, 3.8) is 0 Å². The number of alkyl halides is 2. The lowest BCUT2D eigenvalue weighted by Crippen LogP contribution is -2.45. The van der Waals surface area contributed by atoms with E-state index in [1.807, 2.05) is 0 Å². The van der Waals surface area contributed by atoms with Crippen molar-refractivity contribution >= 4 is 27.3 Å². The summed E-state index contributed by atoms with van der Waals surface area (Å²) in [5.74, 6) is 0. The normalized spacial score (nSPS) is 18.2. The fraction of sp³-hybridized carbons (Fsp3) is 0.333. The second kappa shape index (κ2) is 4.40. The minimum atomic E-state index is -3.65. The lowest BCUT2D eigenvalue weighted by Gasteiger charge is -2.31. The van der Waals surface area contributed by atoms with Crippen LogP contribution in [0.1, 0.15) is 0 Å². The van der Waals surface area contributed by atoms with Gasteiger partial charge in [0.2, 0.25) is 10.0 Å². The van der Waals surface area contributed by atoms with Crippen LogP contribution in [-0.2, 0) is 10.0 Å². The maximum Gasteiger partial charge on any atom is 0.255 e. The van der Waals surface area contributed by atoms with E-state index in [4.69, 9.17) is 11.6 Å². The summed E-state index contributed by atoms with van der Waals surface area (Å²) < 4.78 is 50.2. The number of anilines is 1. The molecule has 0 aliphatic carbocycles. The van der Waals surface area contributed by atoms with E-state index in [-0.39, 0.29) is 22.3 Å². The van der Waals surface area contributed by atoms with E-state index in [0.29, 0.717) is 0 Å². The molecule has 1 aliphatic heterocycles. The van der Waals surface area contributed by atoms with Gasteiger partial charge in [-0.05, 0) is 18.2 Å². The first-order valence-electron chi connectivity index (χ1n) is 4.72. The summed E-state index contributed by atoms with van der Waals surface area (Å²) in [7, 11) is -3.65. The topological polar surface area (TPSA) is 49.4 Å². The molecule has 0 radical (unpaired) electrons. The Morgan fingerprint density at radius 1 is 1.47 bits per heavy atom. The molecule has 17 heavy (non-hydrogen) atoms.